The first-order chi connectivity index (χ1) is 11.6. The standard InChI is InChI=1S/C17H21Cl2N3O2/c18-13-4-5-14(15(19)12-13)16(23)20-8-10-22(11-9-20)17(24)21-6-2-1-3-7-21/h4-5,12H,1-3,6-11H2. The summed E-state index contributed by atoms with van der Waals surface area (Å²) in [5, 5.41) is 0.868. The normalized spacial score (nSPS) is 18.7. The summed E-state index contributed by atoms with van der Waals surface area (Å²) in [6.45, 7) is 3.87. The van der Waals surface area contributed by atoms with E-state index in [1.807, 2.05) is 9.80 Å². The lowest BCUT2D eigenvalue weighted by Crippen LogP contribution is -2.54. The monoisotopic (exact) mass is 369 g/mol. The van der Waals surface area contributed by atoms with Gasteiger partial charge in [-0.3, -0.25) is 4.79 Å². The number of nitrogens with zero attached hydrogens (tertiary/aromatic N) is 3. The number of urea groups is 1. The molecule has 0 aliphatic carbocycles. The third-order valence-corrected chi connectivity index (χ3v) is 5.17. The van der Waals surface area contributed by atoms with Crippen molar-refractivity contribution in [3.05, 3.63) is 33.8 Å². The number of piperidine rings is 1. The number of carbonyl (C=O) groups is 2. The van der Waals surface area contributed by atoms with Gasteiger partial charge in [0.2, 0.25) is 0 Å². The van der Waals surface area contributed by atoms with Gasteiger partial charge in [-0.2, -0.15) is 0 Å². The molecule has 2 aliphatic heterocycles. The maximum Gasteiger partial charge on any atom is 0.320 e. The molecule has 0 unspecified atom stereocenters. The molecule has 1 aromatic rings. The Hall–Kier alpha value is -1.46. The average Bonchev–Trinajstić information content (AvgIpc) is 2.61. The van der Waals surface area contributed by atoms with E-state index in [0.29, 0.717) is 41.8 Å². The Morgan fingerprint density at radius 3 is 2.00 bits per heavy atom. The number of benzene rings is 1. The summed E-state index contributed by atoms with van der Waals surface area (Å²) >= 11 is 12.0. The second kappa shape index (κ2) is 7.62. The van der Waals surface area contributed by atoms with Crippen LogP contribution in [0.1, 0.15) is 29.6 Å². The van der Waals surface area contributed by atoms with Crippen LogP contribution in [0.5, 0.6) is 0 Å². The van der Waals surface area contributed by atoms with E-state index in [1.54, 1.807) is 23.1 Å². The number of carbonyl (C=O) groups excluding carboxylic acids is 2. The summed E-state index contributed by atoms with van der Waals surface area (Å²) < 4.78 is 0. The minimum absolute atomic E-state index is 0.103. The van der Waals surface area contributed by atoms with Gasteiger partial charge in [0.15, 0.2) is 0 Å². The van der Waals surface area contributed by atoms with Crippen LogP contribution in [0.25, 0.3) is 0 Å². The molecule has 5 nitrogen and oxygen atoms in total. The molecule has 3 amide bonds. The van der Waals surface area contributed by atoms with Crippen LogP contribution in [-0.2, 0) is 0 Å². The van der Waals surface area contributed by atoms with Crippen molar-refractivity contribution in [2.24, 2.45) is 0 Å². The minimum atomic E-state index is -0.110. The lowest BCUT2D eigenvalue weighted by atomic mass is 10.1. The summed E-state index contributed by atoms with van der Waals surface area (Å²) in [6.07, 6.45) is 3.37. The van der Waals surface area contributed by atoms with E-state index in [2.05, 4.69) is 0 Å². The van der Waals surface area contributed by atoms with Crippen molar-refractivity contribution in [2.75, 3.05) is 39.3 Å². The predicted octanol–water partition coefficient (Wildman–Crippen LogP) is 3.36. The van der Waals surface area contributed by atoms with Crippen LogP contribution in [0.3, 0.4) is 0 Å². The van der Waals surface area contributed by atoms with E-state index in [9.17, 15) is 9.59 Å². The zero-order valence-electron chi connectivity index (χ0n) is 13.5. The minimum Gasteiger partial charge on any atom is -0.335 e. The van der Waals surface area contributed by atoms with E-state index < -0.39 is 0 Å². The van der Waals surface area contributed by atoms with Gasteiger partial charge in [-0.05, 0) is 37.5 Å². The molecule has 0 radical (unpaired) electrons. The van der Waals surface area contributed by atoms with Crippen LogP contribution in [0, 0.1) is 0 Å². The second-order valence-electron chi connectivity index (χ2n) is 6.23. The predicted molar refractivity (Wildman–Crippen MR) is 94.8 cm³/mol. The van der Waals surface area contributed by atoms with Gasteiger partial charge in [0.05, 0.1) is 10.6 Å². The Balaban J connectivity index is 1.58. The third-order valence-electron chi connectivity index (χ3n) is 4.63. The molecule has 2 heterocycles. The molecule has 0 aromatic heterocycles. The molecule has 0 spiro atoms. The van der Waals surface area contributed by atoms with Crippen LogP contribution < -0.4 is 0 Å². The van der Waals surface area contributed by atoms with Gasteiger partial charge < -0.3 is 14.7 Å². The molecule has 1 aromatic carbocycles. The number of likely N-dealkylation sites (tertiary alicyclic amines) is 1. The van der Waals surface area contributed by atoms with E-state index in [0.717, 1.165) is 25.9 Å². The van der Waals surface area contributed by atoms with Crippen molar-refractivity contribution < 1.29 is 9.59 Å². The highest BCUT2D eigenvalue weighted by molar-refractivity contribution is 6.36. The molecule has 0 bridgehead atoms. The van der Waals surface area contributed by atoms with Crippen molar-refractivity contribution in [2.45, 2.75) is 19.3 Å². The fourth-order valence-electron chi connectivity index (χ4n) is 3.22. The largest absolute Gasteiger partial charge is 0.335 e. The zero-order chi connectivity index (χ0) is 17.1. The Morgan fingerprint density at radius 1 is 0.792 bits per heavy atom. The zero-order valence-corrected chi connectivity index (χ0v) is 15.0. The van der Waals surface area contributed by atoms with Gasteiger partial charge >= 0.3 is 6.03 Å². The molecule has 2 saturated heterocycles. The van der Waals surface area contributed by atoms with Crippen molar-refractivity contribution in [1.82, 2.24) is 14.7 Å². The molecule has 24 heavy (non-hydrogen) atoms. The molecule has 0 N–H and O–H groups in total. The summed E-state index contributed by atoms with van der Waals surface area (Å²) in [5.41, 5.74) is 0.455. The van der Waals surface area contributed by atoms with Crippen LogP contribution >= 0.6 is 23.2 Å². The lowest BCUT2D eigenvalue weighted by molar-refractivity contribution is 0.0633. The van der Waals surface area contributed by atoms with Crippen LogP contribution in [0.2, 0.25) is 10.0 Å². The van der Waals surface area contributed by atoms with Crippen LogP contribution in [0.15, 0.2) is 18.2 Å². The van der Waals surface area contributed by atoms with Gasteiger partial charge in [0.1, 0.15) is 0 Å². The highest BCUT2D eigenvalue weighted by Crippen LogP contribution is 2.23. The van der Waals surface area contributed by atoms with Gasteiger partial charge in [0.25, 0.3) is 5.91 Å². The van der Waals surface area contributed by atoms with Crippen molar-refractivity contribution in [3.63, 3.8) is 0 Å². The summed E-state index contributed by atoms with van der Waals surface area (Å²) in [6, 6.07) is 4.99. The highest BCUT2D eigenvalue weighted by Gasteiger charge is 2.28. The van der Waals surface area contributed by atoms with Crippen molar-refractivity contribution in [3.8, 4) is 0 Å². The Morgan fingerprint density at radius 2 is 1.38 bits per heavy atom. The molecule has 0 atom stereocenters. The number of halogens is 2. The molecular weight excluding hydrogens is 349 g/mol. The first kappa shape index (κ1) is 17.4. The van der Waals surface area contributed by atoms with Gasteiger partial charge in [-0.15, -0.1) is 0 Å². The fourth-order valence-corrected chi connectivity index (χ4v) is 3.71. The average molecular weight is 370 g/mol. The topological polar surface area (TPSA) is 43.9 Å². The number of rotatable bonds is 1. The molecule has 0 saturated carbocycles. The molecule has 3 rings (SSSR count). The van der Waals surface area contributed by atoms with E-state index in [1.165, 1.54) is 6.42 Å². The smallest absolute Gasteiger partial charge is 0.320 e. The summed E-state index contributed by atoms with van der Waals surface area (Å²) in [5.74, 6) is -0.110. The van der Waals surface area contributed by atoms with Gasteiger partial charge in [-0.1, -0.05) is 23.2 Å². The fraction of sp³-hybridized carbons (Fsp3) is 0.529. The van der Waals surface area contributed by atoms with Crippen molar-refractivity contribution in [1.29, 1.82) is 0 Å². The first-order valence-electron chi connectivity index (χ1n) is 8.34. The number of piperazine rings is 1. The van der Waals surface area contributed by atoms with E-state index in [4.69, 9.17) is 23.2 Å². The maximum atomic E-state index is 12.6. The SMILES string of the molecule is O=C(c1ccc(Cl)cc1Cl)N1CCN(C(=O)N2CCCCC2)CC1. The molecular formula is C17H21Cl2N3O2. The third kappa shape index (κ3) is 3.78. The Kier molecular flexibility index (Phi) is 5.51. The second-order valence-corrected chi connectivity index (χ2v) is 7.08. The first-order valence-corrected chi connectivity index (χ1v) is 9.10. The van der Waals surface area contributed by atoms with E-state index in [-0.39, 0.29) is 11.9 Å². The Labute approximate surface area is 152 Å². The lowest BCUT2D eigenvalue weighted by Gasteiger charge is -2.38. The number of hydrogen-bond donors (Lipinski definition) is 0. The quantitative estimate of drug-likeness (QED) is 0.761. The summed E-state index contributed by atoms with van der Waals surface area (Å²) in [7, 11) is 0. The van der Waals surface area contributed by atoms with E-state index >= 15 is 0 Å². The summed E-state index contributed by atoms with van der Waals surface area (Å²) in [4.78, 5) is 30.6. The molecule has 2 fully saturated rings. The van der Waals surface area contributed by atoms with Crippen LogP contribution in [-0.4, -0.2) is 65.9 Å². The van der Waals surface area contributed by atoms with Gasteiger partial charge in [0, 0.05) is 44.3 Å². The van der Waals surface area contributed by atoms with Gasteiger partial charge in [-0.25, -0.2) is 4.79 Å². The Bertz CT molecular complexity index is 624. The molecule has 2 aliphatic rings. The molecule has 130 valence electrons. The molecule has 7 heteroatoms. The highest BCUT2D eigenvalue weighted by atomic mass is 35.5. The van der Waals surface area contributed by atoms with Crippen LogP contribution in [0.4, 0.5) is 4.79 Å². The van der Waals surface area contributed by atoms with Crippen molar-refractivity contribution >= 4 is 35.1 Å². The number of amides is 3. The number of hydrogen-bond acceptors (Lipinski definition) is 2. The maximum absolute atomic E-state index is 12.6.